The summed E-state index contributed by atoms with van der Waals surface area (Å²) in [5.41, 5.74) is 6.67. The lowest BCUT2D eigenvalue weighted by atomic mass is 10.2. The highest BCUT2D eigenvalue weighted by Crippen LogP contribution is 2.32. The van der Waals surface area contributed by atoms with E-state index in [1.54, 1.807) is 15.4 Å². The summed E-state index contributed by atoms with van der Waals surface area (Å²) >= 11 is 1.48. The molecule has 0 aliphatic rings. The maximum Gasteiger partial charge on any atom is 0.343 e. The lowest BCUT2D eigenvalue weighted by molar-refractivity contribution is 0.602. The van der Waals surface area contributed by atoms with Crippen molar-refractivity contribution in [3.05, 3.63) is 28.4 Å². The lowest BCUT2D eigenvalue weighted by Crippen LogP contribution is -2.18. The number of thioether (sulfide) groups is 1. The molecule has 0 bridgehead atoms. The maximum atomic E-state index is 11.6. The molecular formula is C11H18N6OS. The summed E-state index contributed by atoms with van der Waals surface area (Å²) in [6, 6.07) is 0. The molecular weight excluding hydrogens is 264 g/mol. The summed E-state index contributed by atoms with van der Waals surface area (Å²) in [6.45, 7) is 3.14. The van der Waals surface area contributed by atoms with Crippen molar-refractivity contribution in [2.45, 2.75) is 30.3 Å². The summed E-state index contributed by atoms with van der Waals surface area (Å²) in [6.07, 6.45) is 4.60. The second kappa shape index (κ2) is 6.07. The first kappa shape index (κ1) is 13.9. The highest BCUT2D eigenvalue weighted by molar-refractivity contribution is 7.99. The minimum atomic E-state index is -0.175. The molecule has 0 aliphatic carbocycles. The Hall–Kier alpha value is -1.54. The van der Waals surface area contributed by atoms with E-state index in [-0.39, 0.29) is 10.9 Å². The Morgan fingerprint density at radius 3 is 2.95 bits per heavy atom. The van der Waals surface area contributed by atoms with Crippen molar-refractivity contribution in [1.29, 1.82) is 0 Å². The average Bonchev–Trinajstić information content (AvgIpc) is 2.96. The molecule has 0 aromatic carbocycles. The minimum absolute atomic E-state index is 0.0412. The van der Waals surface area contributed by atoms with Crippen LogP contribution in [0.5, 0.6) is 0 Å². The monoisotopic (exact) mass is 282 g/mol. The molecule has 7 nitrogen and oxygen atoms in total. The standard InChI is InChI=1S/C11H18N6OS/c1-3-4-17-10(18)14-15-11(17)19-9(5-12)8-6-13-16(2)7-8/h6-7,9H,3-5,12H2,1-2H3,(H,14,18). The van der Waals surface area contributed by atoms with Crippen LogP contribution in [-0.2, 0) is 13.6 Å². The number of nitrogens with two attached hydrogens (primary N) is 1. The van der Waals surface area contributed by atoms with Crippen LogP contribution in [0.15, 0.2) is 22.3 Å². The van der Waals surface area contributed by atoms with E-state index < -0.39 is 0 Å². The van der Waals surface area contributed by atoms with Crippen molar-refractivity contribution in [3.8, 4) is 0 Å². The van der Waals surface area contributed by atoms with Gasteiger partial charge in [0.1, 0.15) is 0 Å². The predicted octanol–water partition coefficient (Wildman–Crippen LogP) is 0.507. The number of aromatic nitrogens is 5. The number of hydrogen-bond donors (Lipinski definition) is 2. The van der Waals surface area contributed by atoms with Gasteiger partial charge in [0.15, 0.2) is 5.16 Å². The Balaban J connectivity index is 2.21. The van der Waals surface area contributed by atoms with Crippen molar-refractivity contribution in [2.24, 2.45) is 12.8 Å². The third kappa shape index (κ3) is 3.07. The first-order valence-electron chi connectivity index (χ1n) is 6.16. The molecule has 0 aliphatic heterocycles. The molecule has 0 spiro atoms. The van der Waals surface area contributed by atoms with Crippen molar-refractivity contribution < 1.29 is 0 Å². The molecule has 2 heterocycles. The molecule has 104 valence electrons. The highest BCUT2D eigenvalue weighted by atomic mass is 32.2. The molecule has 1 atom stereocenters. The summed E-state index contributed by atoms with van der Waals surface area (Å²) < 4.78 is 3.38. The van der Waals surface area contributed by atoms with Gasteiger partial charge >= 0.3 is 5.69 Å². The largest absolute Gasteiger partial charge is 0.343 e. The zero-order valence-corrected chi connectivity index (χ0v) is 11.9. The van der Waals surface area contributed by atoms with Crippen LogP contribution in [0, 0.1) is 0 Å². The molecule has 1 unspecified atom stereocenters. The van der Waals surface area contributed by atoms with Gasteiger partial charge in [0, 0.05) is 31.9 Å². The summed E-state index contributed by atoms with van der Waals surface area (Å²) in [7, 11) is 1.86. The number of hydrogen-bond acceptors (Lipinski definition) is 5. The van der Waals surface area contributed by atoms with Crippen molar-refractivity contribution in [2.75, 3.05) is 6.54 Å². The van der Waals surface area contributed by atoms with Gasteiger partial charge in [-0.25, -0.2) is 9.89 Å². The van der Waals surface area contributed by atoms with E-state index in [0.29, 0.717) is 18.2 Å². The van der Waals surface area contributed by atoms with Gasteiger partial charge in [-0.1, -0.05) is 18.7 Å². The summed E-state index contributed by atoms with van der Waals surface area (Å²) in [5, 5.41) is 11.4. The molecule has 0 fully saturated rings. The van der Waals surface area contributed by atoms with Crippen LogP contribution in [0.4, 0.5) is 0 Å². The number of rotatable bonds is 6. The van der Waals surface area contributed by atoms with Gasteiger partial charge in [0.05, 0.1) is 11.4 Å². The average molecular weight is 282 g/mol. The molecule has 2 aromatic heterocycles. The second-order valence-electron chi connectivity index (χ2n) is 4.25. The second-order valence-corrected chi connectivity index (χ2v) is 5.42. The fourth-order valence-corrected chi connectivity index (χ4v) is 2.81. The Bertz CT molecular complexity index is 586. The Morgan fingerprint density at radius 2 is 2.37 bits per heavy atom. The van der Waals surface area contributed by atoms with E-state index in [0.717, 1.165) is 12.0 Å². The number of aromatic amines is 1. The Morgan fingerprint density at radius 1 is 1.58 bits per heavy atom. The van der Waals surface area contributed by atoms with Gasteiger partial charge in [0.25, 0.3) is 0 Å². The van der Waals surface area contributed by atoms with E-state index in [1.165, 1.54) is 11.8 Å². The fourth-order valence-electron chi connectivity index (χ4n) is 1.80. The van der Waals surface area contributed by atoms with Crippen LogP contribution in [-0.4, -0.2) is 31.1 Å². The molecule has 0 saturated heterocycles. The smallest absolute Gasteiger partial charge is 0.329 e. The molecule has 0 saturated carbocycles. The third-order valence-electron chi connectivity index (χ3n) is 2.73. The van der Waals surface area contributed by atoms with E-state index >= 15 is 0 Å². The number of H-pyrrole nitrogens is 1. The molecule has 2 aromatic rings. The van der Waals surface area contributed by atoms with E-state index in [9.17, 15) is 4.79 Å². The van der Waals surface area contributed by atoms with E-state index in [1.807, 2.05) is 20.2 Å². The lowest BCUT2D eigenvalue weighted by Gasteiger charge is -2.12. The van der Waals surface area contributed by atoms with E-state index in [4.69, 9.17) is 5.73 Å². The third-order valence-corrected chi connectivity index (χ3v) is 4.00. The molecule has 0 amide bonds. The number of aryl methyl sites for hydroxylation is 1. The topological polar surface area (TPSA) is 94.5 Å². The fraction of sp³-hybridized carbons (Fsp3) is 0.545. The van der Waals surface area contributed by atoms with Crippen molar-refractivity contribution in [3.63, 3.8) is 0 Å². The first-order chi connectivity index (χ1) is 9.15. The highest BCUT2D eigenvalue weighted by Gasteiger charge is 2.17. The van der Waals surface area contributed by atoms with Crippen molar-refractivity contribution >= 4 is 11.8 Å². The predicted molar refractivity (Wildman–Crippen MR) is 74.0 cm³/mol. The van der Waals surface area contributed by atoms with Crippen LogP contribution in [0.3, 0.4) is 0 Å². The van der Waals surface area contributed by atoms with E-state index in [2.05, 4.69) is 15.3 Å². The van der Waals surface area contributed by atoms with Crippen LogP contribution in [0.25, 0.3) is 0 Å². The molecule has 2 rings (SSSR count). The zero-order valence-electron chi connectivity index (χ0n) is 11.0. The van der Waals surface area contributed by atoms with Crippen LogP contribution in [0.1, 0.15) is 24.2 Å². The summed E-state index contributed by atoms with van der Waals surface area (Å²) in [5.74, 6) is 0. The van der Waals surface area contributed by atoms with Crippen LogP contribution in [0.2, 0.25) is 0 Å². The minimum Gasteiger partial charge on any atom is -0.329 e. The van der Waals surface area contributed by atoms with Gasteiger partial charge < -0.3 is 5.73 Å². The first-order valence-corrected chi connectivity index (χ1v) is 7.04. The van der Waals surface area contributed by atoms with Gasteiger partial charge in [-0.2, -0.15) is 5.10 Å². The zero-order chi connectivity index (χ0) is 13.8. The van der Waals surface area contributed by atoms with Crippen LogP contribution >= 0.6 is 11.8 Å². The number of nitrogens with one attached hydrogen (secondary N) is 1. The van der Waals surface area contributed by atoms with Gasteiger partial charge in [-0.15, -0.1) is 5.10 Å². The maximum absolute atomic E-state index is 11.6. The van der Waals surface area contributed by atoms with Gasteiger partial charge in [0.2, 0.25) is 0 Å². The Kier molecular flexibility index (Phi) is 4.43. The molecule has 0 radical (unpaired) electrons. The summed E-state index contributed by atoms with van der Waals surface area (Å²) in [4.78, 5) is 11.6. The Labute approximate surface area is 115 Å². The SMILES string of the molecule is CCCn1c(SC(CN)c2cnn(C)c2)n[nH]c1=O. The van der Waals surface area contributed by atoms with Gasteiger partial charge in [-0.05, 0) is 6.42 Å². The van der Waals surface area contributed by atoms with Gasteiger partial charge in [-0.3, -0.25) is 9.25 Å². The molecule has 8 heteroatoms. The quantitative estimate of drug-likeness (QED) is 0.753. The molecule has 19 heavy (non-hydrogen) atoms. The normalized spacial score (nSPS) is 12.8. The van der Waals surface area contributed by atoms with Crippen LogP contribution < -0.4 is 11.4 Å². The number of nitrogens with zero attached hydrogens (tertiary/aromatic N) is 4. The van der Waals surface area contributed by atoms with Crippen molar-refractivity contribution in [1.82, 2.24) is 24.5 Å². The molecule has 3 N–H and O–H groups in total.